The molecule has 0 spiro atoms. The van der Waals surface area contributed by atoms with Crippen LogP contribution >= 0.6 is 11.3 Å². The van der Waals surface area contributed by atoms with Crippen LogP contribution in [-0.2, 0) is 14.4 Å². The number of fused-ring (bicyclic) bond motifs is 1. The summed E-state index contributed by atoms with van der Waals surface area (Å²) in [5, 5.41) is 7.31. The fourth-order valence-electron chi connectivity index (χ4n) is 3.22. The lowest BCUT2D eigenvalue weighted by molar-refractivity contribution is -0.131. The van der Waals surface area contributed by atoms with Crippen molar-refractivity contribution >= 4 is 40.5 Å². The van der Waals surface area contributed by atoms with Crippen LogP contribution in [0.2, 0.25) is 0 Å². The number of carbonyl (C=O) groups is 3. The first-order chi connectivity index (χ1) is 14.3. The highest BCUT2D eigenvalue weighted by Crippen LogP contribution is 2.28. The minimum Gasteiger partial charge on any atom is -0.345 e. The first kappa shape index (κ1) is 21.7. The maximum Gasteiger partial charge on any atom is 0.272 e. The fraction of sp³-hybridized carbons (Fsp3) is 0.364. The number of benzene rings is 1. The molecule has 30 heavy (non-hydrogen) atoms. The van der Waals surface area contributed by atoms with Crippen molar-refractivity contribution in [2.75, 3.05) is 11.9 Å². The molecule has 158 valence electrons. The molecule has 2 atom stereocenters. The molecule has 8 heteroatoms. The summed E-state index contributed by atoms with van der Waals surface area (Å²) < 4.78 is 0. The molecule has 3 rings (SSSR count). The molecule has 1 unspecified atom stereocenters. The Hall–Kier alpha value is -3.00. The Kier molecular flexibility index (Phi) is 6.66. The predicted molar refractivity (Wildman–Crippen MR) is 119 cm³/mol. The van der Waals surface area contributed by atoms with Gasteiger partial charge in [-0.1, -0.05) is 38.1 Å². The van der Waals surface area contributed by atoms with Gasteiger partial charge in [-0.25, -0.2) is 4.99 Å². The number of hydrogen-bond acceptors (Lipinski definition) is 5. The van der Waals surface area contributed by atoms with Crippen LogP contribution in [0.1, 0.15) is 37.6 Å². The lowest BCUT2D eigenvalue weighted by Gasteiger charge is -2.22. The molecule has 7 nitrogen and oxygen atoms in total. The van der Waals surface area contributed by atoms with Crippen LogP contribution in [0.3, 0.4) is 0 Å². The van der Waals surface area contributed by atoms with Crippen molar-refractivity contribution in [1.82, 2.24) is 10.6 Å². The van der Waals surface area contributed by atoms with Gasteiger partial charge in [-0.3, -0.25) is 14.4 Å². The molecule has 1 aromatic carbocycles. The normalized spacial score (nSPS) is 17.1. The van der Waals surface area contributed by atoms with Gasteiger partial charge in [0.1, 0.15) is 6.04 Å². The minimum atomic E-state index is -1.09. The quantitative estimate of drug-likeness (QED) is 0.744. The van der Waals surface area contributed by atoms with E-state index in [1.165, 1.54) is 16.2 Å². The zero-order valence-electron chi connectivity index (χ0n) is 17.5. The number of hydrogen-bond donors (Lipinski definition) is 2. The molecule has 0 fully saturated rings. The van der Waals surface area contributed by atoms with E-state index in [1.54, 1.807) is 14.0 Å². The largest absolute Gasteiger partial charge is 0.345 e. The number of carbonyl (C=O) groups excluding carboxylic acids is 3. The van der Waals surface area contributed by atoms with Gasteiger partial charge in [0, 0.05) is 19.0 Å². The molecule has 2 heterocycles. The van der Waals surface area contributed by atoms with E-state index in [-0.39, 0.29) is 17.7 Å². The van der Waals surface area contributed by atoms with Gasteiger partial charge in [0.15, 0.2) is 0 Å². The van der Waals surface area contributed by atoms with Gasteiger partial charge in [-0.2, -0.15) is 0 Å². The number of nitrogens with one attached hydrogen (secondary N) is 2. The monoisotopic (exact) mass is 426 g/mol. The van der Waals surface area contributed by atoms with Crippen molar-refractivity contribution in [3.8, 4) is 0 Å². The Labute approximate surface area is 180 Å². The lowest BCUT2D eigenvalue weighted by Crippen LogP contribution is -2.52. The van der Waals surface area contributed by atoms with Gasteiger partial charge in [-0.05, 0) is 30.4 Å². The maximum atomic E-state index is 13.1. The van der Waals surface area contributed by atoms with Gasteiger partial charge in [0.2, 0.25) is 18.0 Å². The number of amides is 3. The summed E-state index contributed by atoms with van der Waals surface area (Å²) in [6.07, 6.45) is -0.755. The van der Waals surface area contributed by atoms with Crippen molar-refractivity contribution in [3.63, 3.8) is 0 Å². The van der Waals surface area contributed by atoms with E-state index in [1.807, 2.05) is 55.6 Å². The highest BCUT2D eigenvalue weighted by atomic mass is 32.1. The molecular formula is C22H26N4O3S. The fourth-order valence-corrected chi connectivity index (χ4v) is 3.96. The zero-order valence-corrected chi connectivity index (χ0v) is 18.3. The molecule has 2 aromatic rings. The lowest BCUT2D eigenvalue weighted by atomic mass is 10.1. The van der Waals surface area contributed by atoms with E-state index in [0.717, 1.165) is 16.1 Å². The van der Waals surface area contributed by atoms with E-state index >= 15 is 0 Å². The zero-order chi connectivity index (χ0) is 21.8. The molecular weight excluding hydrogens is 400 g/mol. The number of likely N-dealkylation sites (N-methyl/N-ethyl adjacent to an activating group) is 1. The molecule has 0 bridgehead atoms. The first-order valence-corrected chi connectivity index (χ1v) is 10.7. The molecule has 0 saturated heterocycles. The third-order valence-electron chi connectivity index (χ3n) is 4.74. The van der Waals surface area contributed by atoms with Crippen molar-refractivity contribution < 1.29 is 14.4 Å². The second kappa shape index (κ2) is 9.21. The number of rotatable bonds is 6. The summed E-state index contributed by atoms with van der Waals surface area (Å²) in [5.41, 5.74) is 2.20. The summed E-state index contributed by atoms with van der Waals surface area (Å²) in [6.45, 7) is 5.46. The maximum absolute atomic E-state index is 13.1. The van der Waals surface area contributed by atoms with Gasteiger partial charge in [0.05, 0.1) is 16.3 Å². The number of anilines is 1. The van der Waals surface area contributed by atoms with Gasteiger partial charge in [0.25, 0.3) is 5.91 Å². The molecule has 1 aromatic heterocycles. The van der Waals surface area contributed by atoms with Crippen LogP contribution in [0.4, 0.5) is 5.69 Å². The summed E-state index contributed by atoms with van der Waals surface area (Å²) in [7, 11) is 1.67. The minimum absolute atomic E-state index is 0.189. The molecule has 1 aliphatic heterocycles. The second-order valence-corrected chi connectivity index (χ2v) is 8.62. The van der Waals surface area contributed by atoms with Crippen molar-refractivity contribution in [2.45, 2.75) is 39.4 Å². The summed E-state index contributed by atoms with van der Waals surface area (Å²) in [5.74, 6) is -0.817. The van der Waals surface area contributed by atoms with Gasteiger partial charge < -0.3 is 15.5 Å². The third kappa shape index (κ3) is 4.76. The highest BCUT2D eigenvalue weighted by molar-refractivity contribution is 7.12. The summed E-state index contributed by atoms with van der Waals surface area (Å²) >= 11 is 1.52. The van der Waals surface area contributed by atoms with Crippen LogP contribution in [0.25, 0.3) is 0 Å². The van der Waals surface area contributed by atoms with Crippen LogP contribution in [0.15, 0.2) is 46.8 Å². The Balaban J connectivity index is 1.87. The molecule has 0 saturated carbocycles. The average molecular weight is 427 g/mol. The molecule has 3 amide bonds. The number of nitrogens with zero attached hydrogens (tertiary/aromatic N) is 2. The number of para-hydroxylation sites is 1. The Bertz CT molecular complexity index is 969. The van der Waals surface area contributed by atoms with E-state index in [4.69, 9.17) is 0 Å². The van der Waals surface area contributed by atoms with E-state index in [9.17, 15) is 14.4 Å². The molecule has 0 radical (unpaired) electrons. The van der Waals surface area contributed by atoms with E-state index in [2.05, 4.69) is 15.6 Å². The number of aliphatic imine (C=N–C) groups is 1. The van der Waals surface area contributed by atoms with Gasteiger partial charge >= 0.3 is 0 Å². The van der Waals surface area contributed by atoms with Crippen molar-refractivity contribution in [3.05, 3.63) is 52.2 Å². The molecule has 2 N–H and O–H groups in total. The first-order valence-electron chi connectivity index (χ1n) is 9.86. The Morgan fingerprint density at radius 2 is 1.90 bits per heavy atom. The van der Waals surface area contributed by atoms with Crippen LogP contribution in [0.5, 0.6) is 0 Å². The van der Waals surface area contributed by atoms with Crippen LogP contribution < -0.4 is 15.5 Å². The Morgan fingerprint density at radius 1 is 1.17 bits per heavy atom. The van der Waals surface area contributed by atoms with Crippen molar-refractivity contribution in [1.29, 1.82) is 0 Å². The topological polar surface area (TPSA) is 90.9 Å². The molecule has 0 aliphatic carbocycles. The van der Waals surface area contributed by atoms with Crippen LogP contribution in [-0.4, -0.2) is 42.7 Å². The van der Waals surface area contributed by atoms with E-state index in [0.29, 0.717) is 12.1 Å². The smallest absolute Gasteiger partial charge is 0.272 e. The number of benzodiazepines with no additional fused rings is 1. The summed E-state index contributed by atoms with van der Waals surface area (Å²) in [4.78, 5) is 44.8. The third-order valence-corrected chi connectivity index (χ3v) is 5.62. The summed E-state index contributed by atoms with van der Waals surface area (Å²) in [6, 6.07) is 10.6. The van der Waals surface area contributed by atoms with Crippen molar-refractivity contribution in [2.24, 2.45) is 10.9 Å². The molecule has 1 aliphatic rings. The SMILES string of the molecule is CC(C)CC(=O)N[C@@H](C)C(=O)NC1N=C(c2cccs2)c2ccccc2N(C)C1=O. The Morgan fingerprint density at radius 3 is 2.57 bits per heavy atom. The van der Waals surface area contributed by atoms with Gasteiger partial charge in [-0.15, -0.1) is 11.3 Å². The highest BCUT2D eigenvalue weighted by Gasteiger charge is 2.32. The standard InChI is InChI=1S/C22H26N4O3S/c1-13(2)12-18(27)23-14(3)21(28)25-20-22(29)26(4)16-9-6-5-8-15(16)19(24-20)17-10-7-11-30-17/h5-11,13-14,20H,12H2,1-4H3,(H,23,27)(H,25,28)/t14-,20?/m0/s1. The average Bonchev–Trinajstić information content (AvgIpc) is 3.20. The number of thiophene rings is 1. The van der Waals surface area contributed by atoms with E-state index < -0.39 is 18.1 Å². The second-order valence-electron chi connectivity index (χ2n) is 7.67. The predicted octanol–water partition coefficient (Wildman–Crippen LogP) is 2.56. The van der Waals surface area contributed by atoms with Crippen LogP contribution in [0, 0.1) is 5.92 Å².